The average Bonchev–Trinajstić information content (AvgIpc) is 1.84. The number of hydrogen-bond acceptors (Lipinski definition) is 2. The van der Waals surface area contributed by atoms with Gasteiger partial charge >= 0.3 is 0 Å². The Morgan fingerprint density at radius 3 is 2.25 bits per heavy atom. The Labute approximate surface area is 75.6 Å². The topological polar surface area (TPSA) is 40.5 Å². The van der Waals surface area contributed by atoms with Crippen LogP contribution in [0.4, 0.5) is 0 Å². The van der Waals surface area contributed by atoms with Gasteiger partial charge in [0.25, 0.3) is 0 Å². The van der Waals surface area contributed by atoms with E-state index in [0.29, 0.717) is 0 Å². The minimum absolute atomic E-state index is 0.169. The highest BCUT2D eigenvalue weighted by Gasteiger charge is 2.12. The van der Waals surface area contributed by atoms with Crippen molar-refractivity contribution in [2.45, 2.75) is 64.6 Å². The molecule has 12 heavy (non-hydrogen) atoms. The van der Waals surface area contributed by atoms with E-state index in [4.69, 9.17) is 0 Å². The predicted molar refractivity (Wildman–Crippen MR) is 51.1 cm³/mol. The second kappa shape index (κ2) is 5.55. The Bertz CT molecular complexity index is 105. The van der Waals surface area contributed by atoms with Gasteiger partial charge in [-0.25, -0.2) is 0 Å². The lowest BCUT2D eigenvalue weighted by atomic mass is 9.99. The lowest BCUT2D eigenvalue weighted by molar-refractivity contribution is 0.0613. The van der Waals surface area contributed by atoms with Gasteiger partial charge in [0.2, 0.25) is 0 Å². The summed E-state index contributed by atoms with van der Waals surface area (Å²) >= 11 is 0. The summed E-state index contributed by atoms with van der Waals surface area (Å²) in [5.41, 5.74) is -0.577. The molecule has 0 aromatic rings. The molecule has 0 rings (SSSR count). The van der Waals surface area contributed by atoms with Crippen molar-refractivity contribution in [3.05, 3.63) is 0 Å². The molecule has 1 unspecified atom stereocenters. The van der Waals surface area contributed by atoms with E-state index in [1.54, 1.807) is 13.8 Å². The molecular weight excluding hydrogens is 152 g/mol. The van der Waals surface area contributed by atoms with Gasteiger partial charge in [-0.2, -0.15) is 0 Å². The number of aliphatic hydroxyl groups excluding tert-OH is 1. The van der Waals surface area contributed by atoms with Gasteiger partial charge in [-0.3, -0.25) is 0 Å². The van der Waals surface area contributed by atoms with Gasteiger partial charge in [-0.1, -0.05) is 13.3 Å². The first-order valence-electron chi connectivity index (χ1n) is 4.86. The Kier molecular flexibility index (Phi) is 5.51. The summed E-state index contributed by atoms with van der Waals surface area (Å²) in [4.78, 5) is 0. The van der Waals surface area contributed by atoms with E-state index in [1.807, 2.05) is 0 Å². The van der Waals surface area contributed by atoms with Crippen LogP contribution in [0.1, 0.15) is 52.9 Å². The molecule has 74 valence electrons. The fourth-order valence-corrected chi connectivity index (χ4v) is 1.25. The van der Waals surface area contributed by atoms with E-state index in [9.17, 15) is 10.2 Å². The lowest BCUT2D eigenvalue weighted by Gasteiger charge is -2.17. The minimum Gasteiger partial charge on any atom is -0.393 e. The quantitative estimate of drug-likeness (QED) is 0.647. The highest BCUT2D eigenvalue weighted by atomic mass is 16.3. The summed E-state index contributed by atoms with van der Waals surface area (Å²) in [5, 5.41) is 18.7. The third-order valence-corrected chi connectivity index (χ3v) is 1.95. The molecule has 0 radical (unpaired) electrons. The minimum atomic E-state index is -0.577. The van der Waals surface area contributed by atoms with Crippen molar-refractivity contribution in [1.29, 1.82) is 0 Å². The van der Waals surface area contributed by atoms with Crippen LogP contribution in [0.25, 0.3) is 0 Å². The van der Waals surface area contributed by atoms with Gasteiger partial charge in [0.05, 0.1) is 11.7 Å². The van der Waals surface area contributed by atoms with Crippen LogP contribution in [0.2, 0.25) is 0 Å². The van der Waals surface area contributed by atoms with E-state index in [1.165, 1.54) is 0 Å². The van der Waals surface area contributed by atoms with E-state index >= 15 is 0 Å². The van der Waals surface area contributed by atoms with Crippen LogP contribution >= 0.6 is 0 Å². The molecule has 0 fully saturated rings. The normalized spacial score (nSPS) is 14.8. The van der Waals surface area contributed by atoms with Crippen LogP contribution in [-0.4, -0.2) is 21.9 Å². The van der Waals surface area contributed by atoms with Crippen LogP contribution in [-0.2, 0) is 0 Å². The van der Waals surface area contributed by atoms with Crippen molar-refractivity contribution in [3.8, 4) is 0 Å². The summed E-state index contributed by atoms with van der Waals surface area (Å²) in [5.74, 6) is 0. The monoisotopic (exact) mass is 174 g/mol. The second-order valence-electron chi connectivity index (χ2n) is 4.15. The molecule has 0 amide bonds. The van der Waals surface area contributed by atoms with Gasteiger partial charge in [-0.05, 0) is 39.5 Å². The Balaban J connectivity index is 3.31. The molecule has 0 aliphatic carbocycles. The molecule has 0 aromatic heterocycles. The highest BCUT2D eigenvalue weighted by molar-refractivity contribution is 4.66. The first kappa shape index (κ1) is 11.9. The summed E-state index contributed by atoms with van der Waals surface area (Å²) in [6.45, 7) is 5.68. The van der Waals surface area contributed by atoms with Crippen molar-refractivity contribution in [3.63, 3.8) is 0 Å². The molecule has 0 bridgehead atoms. The maximum absolute atomic E-state index is 9.38. The number of rotatable bonds is 6. The molecule has 1 atom stereocenters. The van der Waals surface area contributed by atoms with Gasteiger partial charge in [0.15, 0.2) is 0 Å². The maximum Gasteiger partial charge on any atom is 0.0591 e. The number of hydrogen-bond donors (Lipinski definition) is 2. The van der Waals surface area contributed by atoms with Crippen LogP contribution in [0, 0.1) is 0 Å². The van der Waals surface area contributed by atoms with Crippen molar-refractivity contribution < 1.29 is 10.2 Å². The fraction of sp³-hybridized carbons (Fsp3) is 1.00. The Hall–Kier alpha value is -0.0800. The van der Waals surface area contributed by atoms with Crippen molar-refractivity contribution in [1.82, 2.24) is 0 Å². The zero-order valence-electron chi connectivity index (χ0n) is 8.51. The summed E-state index contributed by atoms with van der Waals surface area (Å²) in [6.07, 6.45) is 4.24. The molecule has 0 saturated heterocycles. The molecule has 0 saturated carbocycles. The van der Waals surface area contributed by atoms with Gasteiger partial charge in [0, 0.05) is 0 Å². The van der Waals surface area contributed by atoms with Gasteiger partial charge in [-0.15, -0.1) is 0 Å². The second-order valence-corrected chi connectivity index (χ2v) is 4.15. The maximum atomic E-state index is 9.38. The van der Waals surface area contributed by atoms with Crippen molar-refractivity contribution in [2.75, 3.05) is 0 Å². The van der Waals surface area contributed by atoms with Crippen LogP contribution in [0.5, 0.6) is 0 Å². The zero-order valence-corrected chi connectivity index (χ0v) is 8.51. The fourth-order valence-electron chi connectivity index (χ4n) is 1.25. The van der Waals surface area contributed by atoms with E-state index in [0.717, 1.165) is 32.1 Å². The lowest BCUT2D eigenvalue weighted by Crippen LogP contribution is -2.19. The predicted octanol–water partition coefficient (Wildman–Crippen LogP) is 2.09. The van der Waals surface area contributed by atoms with Gasteiger partial charge < -0.3 is 10.2 Å². The van der Waals surface area contributed by atoms with Crippen molar-refractivity contribution in [2.24, 2.45) is 0 Å². The SMILES string of the molecule is CCCC(O)CCCC(C)(C)O. The van der Waals surface area contributed by atoms with Crippen molar-refractivity contribution >= 4 is 0 Å². The summed E-state index contributed by atoms with van der Waals surface area (Å²) < 4.78 is 0. The molecule has 2 nitrogen and oxygen atoms in total. The van der Waals surface area contributed by atoms with Crippen LogP contribution in [0.3, 0.4) is 0 Å². The third kappa shape index (κ3) is 8.02. The Morgan fingerprint density at radius 2 is 1.83 bits per heavy atom. The molecule has 0 aliphatic rings. The molecule has 0 spiro atoms. The largest absolute Gasteiger partial charge is 0.393 e. The standard InChI is InChI=1S/C10H22O2/c1-4-6-9(11)7-5-8-10(2,3)12/h9,11-12H,4-8H2,1-3H3. The van der Waals surface area contributed by atoms with E-state index < -0.39 is 5.60 Å². The zero-order chi connectivity index (χ0) is 9.61. The molecule has 0 heterocycles. The van der Waals surface area contributed by atoms with Gasteiger partial charge in [0.1, 0.15) is 0 Å². The van der Waals surface area contributed by atoms with E-state index in [2.05, 4.69) is 6.92 Å². The average molecular weight is 174 g/mol. The Morgan fingerprint density at radius 1 is 1.25 bits per heavy atom. The van der Waals surface area contributed by atoms with Crippen LogP contribution < -0.4 is 0 Å². The molecular formula is C10H22O2. The van der Waals surface area contributed by atoms with E-state index in [-0.39, 0.29) is 6.10 Å². The summed E-state index contributed by atoms with van der Waals surface area (Å²) in [6, 6.07) is 0. The molecule has 2 N–H and O–H groups in total. The van der Waals surface area contributed by atoms with Crippen LogP contribution in [0.15, 0.2) is 0 Å². The first-order valence-corrected chi connectivity index (χ1v) is 4.86. The highest BCUT2D eigenvalue weighted by Crippen LogP contribution is 2.14. The number of aliphatic hydroxyl groups is 2. The molecule has 0 aromatic carbocycles. The summed E-state index contributed by atoms with van der Waals surface area (Å²) in [7, 11) is 0. The third-order valence-electron chi connectivity index (χ3n) is 1.95. The first-order chi connectivity index (χ1) is 5.45. The molecule has 2 heteroatoms. The molecule has 0 aliphatic heterocycles. The smallest absolute Gasteiger partial charge is 0.0591 e.